The van der Waals surface area contributed by atoms with Crippen molar-refractivity contribution in [3.63, 3.8) is 0 Å². The molecule has 0 bridgehead atoms. The summed E-state index contributed by atoms with van der Waals surface area (Å²) in [6.45, 7) is -0.526. The van der Waals surface area contributed by atoms with Gasteiger partial charge in [-0.2, -0.15) is 17.8 Å². The van der Waals surface area contributed by atoms with Crippen LogP contribution in [0.3, 0.4) is 0 Å². The number of alkyl halides is 2. The molecule has 1 unspecified atom stereocenters. The molecule has 1 aliphatic carbocycles. The molecule has 178 valence electrons. The molecular weight excluding hydrogens is 472 g/mol. The lowest BCUT2D eigenvalue weighted by Gasteiger charge is -2.29. The summed E-state index contributed by atoms with van der Waals surface area (Å²) >= 11 is 6.05. The predicted octanol–water partition coefficient (Wildman–Crippen LogP) is 4.00. The first kappa shape index (κ1) is 23.8. The third kappa shape index (κ3) is 5.44. The number of piperidine rings is 1. The number of amidine groups is 1. The van der Waals surface area contributed by atoms with E-state index in [1.807, 2.05) is 29.3 Å². The zero-order valence-electron chi connectivity index (χ0n) is 18.2. The fourth-order valence-corrected chi connectivity index (χ4v) is 5.51. The van der Waals surface area contributed by atoms with Gasteiger partial charge in [0.1, 0.15) is 5.71 Å². The van der Waals surface area contributed by atoms with Crippen LogP contribution in [0, 0.1) is 5.92 Å². The molecule has 0 spiro atoms. The minimum absolute atomic E-state index is 0.0442. The van der Waals surface area contributed by atoms with E-state index in [4.69, 9.17) is 16.7 Å². The van der Waals surface area contributed by atoms with Gasteiger partial charge in [-0.05, 0) is 30.7 Å². The van der Waals surface area contributed by atoms with Crippen LogP contribution in [0.2, 0.25) is 5.02 Å². The Morgan fingerprint density at radius 1 is 1.21 bits per heavy atom. The van der Waals surface area contributed by atoms with Crippen LogP contribution in [0.5, 0.6) is 0 Å². The quantitative estimate of drug-likeness (QED) is 0.492. The predicted molar refractivity (Wildman–Crippen MR) is 127 cm³/mol. The summed E-state index contributed by atoms with van der Waals surface area (Å²) in [7, 11) is -2.55. The van der Waals surface area contributed by atoms with Crippen molar-refractivity contribution in [1.29, 1.82) is 0 Å². The molecule has 11 heteroatoms. The van der Waals surface area contributed by atoms with Gasteiger partial charge in [-0.15, -0.1) is 4.40 Å². The van der Waals surface area contributed by atoms with Gasteiger partial charge in [-0.1, -0.05) is 35.9 Å². The van der Waals surface area contributed by atoms with E-state index in [0.29, 0.717) is 17.2 Å². The lowest BCUT2D eigenvalue weighted by atomic mass is 9.89. The van der Waals surface area contributed by atoms with Crippen LogP contribution in [0.4, 0.5) is 14.5 Å². The molecule has 4 rings (SSSR count). The molecule has 3 aliphatic rings. The Kier molecular flexibility index (Phi) is 6.88. The average molecular weight is 498 g/mol. The second kappa shape index (κ2) is 9.52. The zero-order chi connectivity index (χ0) is 23.6. The average Bonchev–Trinajstić information content (AvgIpc) is 3.23. The highest BCUT2D eigenvalue weighted by atomic mass is 35.5. The molecule has 0 aromatic heterocycles. The maximum atomic E-state index is 13.5. The van der Waals surface area contributed by atoms with Crippen LogP contribution in [0.25, 0.3) is 0 Å². The fraction of sp³-hybridized carbons (Fsp3) is 0.455. The van der Waals surface area contributed by atoms with Crippen molar-refractivity contribution in [1.82, 2.24) is 9.62 Å². The first-order chi connectivity index (χ1) is 15.7. The highest BCUT2D eigenvalue weighted by Gasteiger charge is 2.39. The van der Waals surface area contributed by atoms with E-state index in [2.05, 4.69) is 21.9 Å². The highest BCUT2D eigenvalue weighted by Crippen LogP contribution is 2.34. The summed E-state index contributed by atoms with van der Waals surface area (Å²) in [6.07, 6.45) is 8.49. The van der Waals surface area contributed by atoms with Gasteiger partial charge in [0, 0.05) is 50.3 Å². The second-order valence-electron chi connectivity index (χ2n) is 8.27. The van der Waals surface area contributed by atoms with E-state index < -0.39 is 29.0 Å². The topological polar surface area (TPSA) is 77.4 Å². The van der Waals surface area contributed by atoms with Gasteiger partial charge in [0.05, 0.1) is 11.7 Å². The summed E-state index contributed by atoms with van der Waals surface area (Å²) in [5.41, 5.74) is 1.32. The Labute approximate surface area is 197 Å². The van der Waals surface area contributed by atoms with Gasteiger partial charge < -0.3 is 5.32 Å². The Bertz CT molecular complexity index is 1090. The summed E-state index contributed by atoms with van der Waals surface area (Å²) in [5.74, 6) is -2.55. The molecule has 0 radical (unpaired) electrons. The molecule has 1 aromatic rings. The molecule has 0 amide bonds. The molecule has 2 heterocycles. The van der Waals surface area contributed by atoms with Gasteiger partial charge in [0.25, 0.3) is 5.92 Å². The van der Waals surface area contributed by atoms with Crippen molar-refractivity contribution in [2.75, 3.05) is 25.1 Å². The summed E-state index contributed by atoms with van der Waals surface area (Å²) in [5, 5.41) is 10.0. The second-order valence-corrected chi connectivity index (χ2v) is 10.3. The third-order valence-electron chi connectivity index (χ3n) is 6.04. The Morgan fingerprint density at radius 3 is 2.52 bits per heavy atom. The molecule has 2 aliphatic heterocycles. The molecule has 1 N–H and O–H groups in total. The summed E-state index contributed by atoms with van der Waals surface area (Å²) in [6, 6.07) is 7.25. The molecule has 1 saturated heterocycles. The number of hydrazone groups is 1. The largest absolute Gasteiger partial charge is 0.371 e. The molecule has 7 nitrogen and oxygen atoms in total. The number of allylic oxidation sites excluding steroid dienone is 3. The van der Waals surface area contributed by atoms with Gasteiger partial charge in [-0.3, -0.25) is 5.01 Å². The molecule has 33 heavy (non-hydrogen) atoms. The monoisotopic (exact) mass is 497 g/mol. The van der Waals surface area contributed by atoms with Crippen LogP contribution < -0.4 is 10.3 Å². The number of nitrogens with one attached hydrogen (secondary N) is 1. The third-order valence-corrected chi connectivity index (χ3v) is 7.72. The number of nitrogens with zero attached hydrogens (tertiary/aromatic N) is 4. The van der Waals surface area contributed by atoms with Crippen molar-refractivity contribution < 1.29 is 17.2 Å². The molecular formula is C22H26ClF2N5O2S. The lowest BCUT2D eigenvalue weighted by Crippen LogP contribution is -2.43. The minimum atomic E-state index is -4.13. The number of anilines is 1. The van der Waals surface area contributed by atoms with Crippen molar-refractivity contribution in [2.45, 2.75) is 37.6 Å². The summed E-state index contributed by atoms with van der Waals surface area (Å²) in [4.78, 5) is 0. The van der Waals surface area contributed by atoms with Crippen LogP contribution in [0.15, 0.2) is 58.1 Å². The van der Waals surface area contributed by atoms with E-state index >= 15 is 0 Å². The maximum absolute atomic E-state index is 13.5. The Hall–Kier alpha value is -2.30. The van der Waals surface area contributed by atoms with Gasteiger partial charge in [0.15, 0.2) is 5.84 Å². The van der Waals surface area contributed by atoms with E-state index in [1.54, 1.807) is 19.2 Å². The smallest absolute Gasteiger partial charge is 0.324 e. The molecule has 1 fully saturated rings. The van der Waals surface area contributed by atoms with Crippen LogP contribution in [-0.4, -0.2) is 56.4 Å². The highest BCUT2D eigenvalue weighted by molar-refractivity contribution is 7.88. The Morgan fingerprint density at radius 2 is 1.91 bits per heavy atom. The number of hydrogen-bond acceptors (Lipinski definition) is 4. The van der Waals surface area contributed by atoms with Crippen molar-refractivity contribution in [3.05, 3.63) is 53.6 Å². The SMILES string of the molecule is CN/C(=N\S(=O)(=O)N1CCC(F)(F)CC1)C1=NN(c2ccc(Cl)cc2)[C@H](C2C=CC=CC2)C1. The summed E-state index contributed by atoms with van der Waals surface area (Å²) < 4.78 is 57.6. The first-order valence-electron chi connectivity index (χ1n) is 10.8. The molecule has 0 saturated carbocycles. The molecule has 1 aromatic carbocycles. The van der Waals surface area contributed by atoms with E-state index in [1.165, 1.54) is 0 Å². The zero-order valence-corrected chi connectivity index (χ0v) is 19.7. The van der Waals surface area contributed by atoms with Crippen molar-refractivity contribution in [2.24, 2.45) is 15.4 Å². The van der Waals surface area contributed by atoms with Gasteiger partial charge >= 0.3 is 10.2 Å². The minimum Gasteiger partial charge on any atom is -0.371 e. The number of halogens is 3. The van der Waals surface area contributed by atoms with Gasteiger partial charge in [0.2, 0.25) is 0 Å². The van der Waals surface area contributed by atoms with E-state index in [0.717, 1.165) is 16.4 Å². The van der Waals surface area contributed by atoms with E-state index in [-0.39, 0.29) is 30.9 Å². The molecule has 2 atom stereocenters. The van der Waals surface area contributed by atoms with Crippen molar-refractivity contribution >= 4 is 39.0 Å². The van der Waals surface area contributed by atoms with Crippen molar-refractivity contribution in [3.8, 4) is 0 Å². The van der Waals surface area contributed by atoms with E-state index in [9.17, 15) is 17.2 Å². The standard InChI is InChI=1S/C22H26ClF2N5O2S/c1-26-21(28-33(31,32)29-13-11-22(24,25)12-14-29)19-15-20(16-5-3-2-4-6-16)30(27-19)18-9-7-17(23)8-10-18/h2-5,7-10,16,20H,6,11-15H2,1H3,(H,26,28)/t16?,20-/m0/s1. The van der Waals surface area contributed by atoms with Crippen LogP contribution in [0.1, 0.15) is 25.7 Å². The Balaban J connectivity index is 1.62. The number of hydrogen-bond donors (Lipinski definition) is 1. The fourth-order valence-electron chi connectivity index (χ4n) is 4.19. The number of benzene rings is 1. The number of rotatable bonds is 5. The van der Waals surface area contributed by atoms with Gasteiger partial charge in [-0.25, -0.2) is 8.78 Å². The maximum Gasteiger partial charge on any atom is 0.324 e. The van der Waals surface area contributed by atoms with Crippen LogP contribution >= 0.6 is 11.6 Å². The first-order valence-corrected chi connectivity index (χ1v) is 12.6. The lowest BCUT2D eigenvalue weighted by molar-refractivity contribution is -0.0411. The normalized spacial score (nSPS) is 25.9. The van der Waals surface area contributed by atoms with Crippen LogP contribution in [-0.2, 0) is 10.2 Å².